The highest BCUT2D eigenvalue weighted by Crippen LogP contribution is 2.37. The van der Waals surface area contributed by atoms with Crippen LogP contribution in [-0.2, 0) is 39.1 Å². The lowest BCUT2D eigenvalue weighted by atomic mass is 9.92. The molecule has 0 saturated carbocycles. The molecule has 4 amide bonds. The Morgan fingerprint density at radius 1 is 0.872 bits per heavy atom. The van der Waals surface area contributed by atoms with Crippen molar-refractivity contribution in [3.05, 3.63) is 125 Å². The Kier molecular flexibility index (Phi) is 14.9. The Hall–Kier alpha value is -7.68. The van der Waals surface area contributed by atoms with Crippen molar-refractivity contribution in [1.82, 2.24) is 34.9 Å². The van der Waals surface area contributed by atoms with Crippen molar-refractivity contribution in [2.24, 2.45) is 7.05 Å². The summed E-state index contributed by atoms with van der Waals surface area (Å²) in [6.07, 6.45) is 1.18. The van der Waals surface area contributed by atoms with Crippen LogP contribution in [0.4, 0.5) is 25.4 Å². The minimum atomic E-state index is -3.26. The second kappa shape index (κ2) is 21.6. The maximum Gasteiger partial charge on any atom is 0.358 e. The van der Waals surface area contributed by atoms with E-state index >= 15 is 8.78 Å². The highest BCUT2D eigenvalue weighted by atomic mass is 32.1. The van der Waals surface area contributed by atoms with E-state index in [1.807, 2.05) is 72.2 Å². The number of benzene rings is 4. The lowest BCUT2D eigenvalue weighted by Crippen LogP contribution is -2.60. The second-order valence-corrected chi connectivity index (χ2v) is 22.6. The van der Waals surface area contributed by atoms with E-state index in [0.717, 1.165) is 21.3 Å². The van der Waals surface area contributed by atoms with Crippen LogP contribution >= 0.6 is 11.3 Å². The van der Waals surface area contributed by atoms with Crippen molar-refractivity contribution in [3.63, 3.8) is 0 Å². The number of rotatable bonds is 14. The molecular formula is C58H62F2N10O7S. The second-order valence-electron chi connectivity index (χ2n) is 21.5. The summed E-state index contributed by atoms with van der Waals surface area (Å²) in [5.41, 5.74) is 5.64. The van der Waals surface area contributed by atoms with Crippen LogP contribution in [0.2, 0.25) is 0 Å². The number of carbonyl (C=O) groups is 5. The fourth-order valence-electron chi connectivity index (χ4n) is 11.0. The molecule has 3 N–H and O–H groups in total. The zero-order chi connectivity index (χ0) is 55.2. The Morgan fingerprint density at radius 3 is 2.38 bits per heavy atom. The van der Waals surface area contributed by atoms with Crippen molar-refractivity contribution in [3.8, 4) is 16.9 Å². The third-order valence-corrected chi connectivity index (χ3v) is 15.5. The van der Waals surface area contributed by atoms with Gasteiger partial charge in [0.2, 0.25) is 17.7 Å². The number of fused-ring (bicyclic) bond motifs is 3. The molecule has 6 heterocycles. The minimum absolute atomic E-state index is 0.0220. The van der Waals surface area contributed by atoms with Gasteiger partial charge in [0.05, 0.1) is 46.1 Å². The molecule has 2 fully saturated rings. The average molecular weight is 1080 g/mol. The zero-order valence-corrected chi connectivity index (χ0v) is 45.4. The monoisotopic (exact) mass is 1080 g/mol. The predicted molar refractivity (Wildman–Crippen MR) is 295 cm³/mol. The molecule has 78 heavy (non-hydrogen) atoms. The molecule has 20 heteroatoms. The van der Waals surface area contributed by atoms with Gasteiger partial charge >= 0.3 is 5.97 Å². The molecule has 3 aromatic heterocycles. The summed E-state index contributed by atoms with van der Waals surface area (Å²) in [7, 11) is 1.74. The van der Waals surface area contributed by atoms with Crippen LogP contribution in [0.3, 0.4) is 0 Å². The van der Waals surface area contributed by atoms with E-state index in [4.69, 9.17) is 14.5 Å². The number of hydrogen-bond donors (Lipinski definition) is 3. The number of halogens is 2. The molecule has 0 bridgehead atoms. The number of piperazine rings is 1. The smallest absolute Gasteiger partial charge is 0.358 e. The number of nitrogens with zero attached hydrogens (tertiary/aromatic N) is 7. The largest absolute Gasteiger partial charge is 0.487 e. The lowest BCUT2D eigenvalue weighted by molar-refractivity contribution is -0.134. The third-order valence-electron chi connectivity index (χ3n) is 14.5. The molecule has 406 valence electrons. The molecule has 0 radical (unpaired) electrons. The molecule has 3 atom stereocenters. The molecule has 4 aromatic carbocycles. The fourth-order valence-corrected chi connectivity index (χ4v) is 11.8. The van der Waals surface area contributed by atoms with Gasteiger partial charge in [-0.25, -0.2) is 23.5 Å². The van der Waals surface area contributed by atoms with Gasteiger partial charge in [-0.05, 0) is 119 Å². The highest BCUT2D eigenvalue weighted by molar-refractivity contribution is 7.22. The Labute approximate surface area is 454 Å². The number of hydrogen-bond acceptors (Lipinski definition) is 14. The summed E-state index contributed by atoms with van der Waals surface area (Å²) >= 11 is 1.41. The fraction of sp³-hybridized carbons (Fsp3) is 0.379. The number of esters is 1. The maximum atomic E-state index is 16.0. The van der Waals surface area contributed by atoms with Gasteiger partial charge in [-0.15, -0.1) is 0 Å². The molecule has 3 aliphatic heterocycles. The number of anilines is 3. The van der Waals surface area contributed by atoms with Gasteiger partial charge in [-0.2, -0.15) is 5.10 Å². The van der Waals surface area contributed by atoms with Gasteiger partial charge < -0.3 is 19.7 Å². The minimum Gasteiger partial charge on any atom is -0.487 e. The van der Waals surface area contributed by atoms with Crippen molar-refractivity contribution in [2.45, 2.75) is 96.9 Å². The van der Waals surface area contributed by atoms with E-state index in [1.165, 1.54) is 11.3 Å². The van der Waals surface area contributed by atoms with Crippen molar-refractivity contribution >= 4 is 78.7 Å². The summed E-state index contributed by atoms with van der Waals surface area (Å²) in [6, 6.07) is 27.0. The quantitative estimate of drug-likeness (QED) is 0.0692. The number of thiazole rings is 1. The number of carbonyl (C=O) groups excluding carboxylic acids is 5. The van der Waals surface area contributed by atoms with Crippen LogP contribution in [0.5, 0.6) is 5.75 Å². The Morgan fingerprint density at radius 2 is 1.63 bits per heavy atom. The van der Waals surface area contributed by atoms with Crippen molar-refractivity contribution in [2.75, 3.05) is 54.9 Å². The van der Waals surface area contributed by atoms with Gasteiger partial charge in [0.1, 0.15) is 17.2 Å². The first-order valence-corrected chi connectivity index (χ1v) is 26.9. The standard InChI is InChI=1S/C58H62F2N10O7S/c1-33-27-68(28-34(2)70(33)30-49(72)61-44-18-11-16-40-50(66-67(7)52(40)44)41-22-24-48(71)64-54(41)74)31-58(59,60)32-76-45-19-12-14-37(35(45)3)38-21-23-47(63-51(38)55(75)77-57(4,5)6)69-26-25-36-13-10-15-39(42(36)29-69)53(73)65-56-62-43-17-8-9-20-46(43)78-56/h8-21,23,33-34,41H,22,24-32H2,1-7H3,(H,61,72)(H,62,65,73)(H,64,71,74)/t33-,34+,41?. The number of nitrogens with one attached hydrogen (secondary N) is 3. The summed E-state index contributed by atoms with van der Waals surface area (Å²) in [4.78, 5) is 81.3. The molecule has 17 nitrogen and oxygen atoms in total. The molecule has 10 rings (SSSR count). The first-order chi connectivity index (χ1) is 37.2. The normalized spacial score (nSPS) is 18.4. The van der Waals surface area contributed by atoms with E-state index < -0.39 is 42.5 Å². The van der Waals surface area contributed by atoms with Gasteiger partial charge in [0.15, 0.2) is 17.4 Å². The SMILES string of the molecule is Cc1c(OCC(F)(F)CN2C[C@@H](C)N(CC(=O)Nc3cccc4c(C5CCC(=O)NC5=O)nn(C)c34)[C@@H](C)C2)cccc1-c1ccc(N2CCc3cccc(C(=O)Nc4nc5ccccc5s4)c3C2)nc1C(=O)OC(C)(C)C. The van der Waals surface area contributed by atoms with E-state index in [1.54, 1.807) is 86.8 Å². The molecule has 1 unspecified atom stereocenters. The number of pyridine rings is 1. The zero-order valence-electron chi connectivity index (χ0n) is 44.6. The Balaban J connectivity index is 0.792. The van der Waals surface area contributed by atoms with E-state index in [2.05, 4.69) is 26.0 Å². The summed E-state index contributed by atoms with van der Waals surface area (Å²) < 4.78 is 46.5. The van der Waals surface area contributed by atoms with Gasteiger partial charge in [-0.1, -0.05) is 59.9 Å². The summed E-state index contributed by atoms with van der Waals surface area (Å²) in [6.45, 7) is 10.9. The number of imide groups is 1. The van der Waals surface area contributed by atoms with Gasteiger partial charge in [-0.3, -0.25) is 44.3 Å². The summed E-state index contributed by atoms with van der Waals surface area (Å²) in [5, 5.41) is 14.2. The van der Waals surface area contributed by atoms with Crippen LogP contribution in [-0.4, -0.2) is 122 Å². The number of aromatic nitrogens is 4. The van der Waals surface area contributed by atoms with Gasteiger partial charge in [0.25, 0.3) is 11.8 Å². The van der Waals surface area contributed by atoms with Crippen LogP contribution in [0.25, 0.3) is 32.2 Å². The predicted octanol–water partition coefficient (Wildman–Crippen LogP) is 8.89. The molecule has 0 spiro atoms. The van der Waals surface area contributed by atoms with Crippen LogP contribution in [0.1, 0.15) is 96.6 Å². The number of piperidine rings is 1. The molecule has 7 aromatic rings. The van der Waals surface area contributed by atoms with E-state index in [9.17, 15) is 24.0 Å². The average Bonchev–Trinajstić information content (AvgIpc) is 4.10. The first-order valence-electron chi connectivity index (χ1n) is 26.1. The van der Waals surface area contributed by atoms with Crippen molar-refractivity contribution in [1.29, 1.82) is 0 Å². The molecule has 0 aliphatic carbocycles. The van der Waals surface area contributed by atoms with E-state index in [-0.39, 0.29) is 67.3 Å². The number of ether oxygens (including phenoxy) is 2. The number of alkyl halides is 2. The van der Waals surface area contributed by atoms with Crippen LogP contribution < -0.4 is 25.6 Å². The highest BCUT2D eigenvalue weighted by Gasteiger charge is 2.39. The Bertz CT molecular complexity index is 3460. The third kappa shape index (κ3) is 11.5. The van der Waals surface area contributed by atoms with Crippen molar-refractivity contribution < 1.29 is 42.2 Å². The van der Waals surface area contributed by atoms with E-state index in [0.29, 0.717) is 81.4 Å². The topological polar surface area (TPSA) is 193 Å². The number of aryl methyl sites for hydroxylation is 1. The molecule has 2 saturated heterocycles. The van der Waals surface area contributed by atoms with Gasteiger partial charge in [0, 0.05) is 68.2 Å². The number of amides is 4. The maximum absolute atomic E-state index is 16.0. The van der Waals surface area contributed by atoms with Crippen LogP contribution in [0, 0.1) is 6.92 Å². The van der Waals surface area contributed by atoms with Crippen LogP contribution in [0.15, 0.2) is 91.0 Å². The molecular weight excluding hydrogens is 1020 g/mol. The lowest BCUT2D eigenvalue weighted by Gasteiger charge is -2.44. The number of para-hydroxylation sites is 2. The summed E-state index contributed by atoms with van der Waals surface area (Å²) in [5.74, 6) is -5.05. The molecule has 3 aliphatic rings. The first kappa shape index (κ1) is 53.7.